The number of nitrogens with two attached hydrogens (primary N) is 1. The summed E-state index contributed by atoms with van der Waals surface area (Å²) in [7, 11) is 1.90. The maximum Gasteiger partial charge on any atom is 0.193 e. The molecular weight excluding hydrogens is 226 g/mol. The molecule has 0 fully saturated rings. The van der Waals surface area contributed by atoms with Crippen molar-refractivity contribution in [1.82, 2.24) is 9.78 Å². The number of benzene rings is 1. The molecule has 0 aliphatic carbocycles. The Morgan fingerprint density at radius 1 is 1.33 bits per heavy atom. The highest BCUT2D eigenvalue weighted by molar-refractivity contribution is 5.92. The van der Waals surface area contributed by atoms with Gasteiger partial charge in [-0.15, -0.1) is 0 Å². The largest absolute Gasteiger partial charge is 0.370 e. The van der Waals surface area contributed by atoms with Gasteiger partial charge in [0.05, 0.1) is 5.69 Å². The molecule has 2 aromatic rings. The standard InChI is InChI=1S/C13H17N5/c1-18-10-8-12(17-18)7-9-15-13(14)16-11-5-3-2-4-6-11/h2-6,8,10H,7,9H2,1H3,(H3,14,15,16). The van der Waals surface area contributed by atoms with E-state index in [-0.39, 0.29) is 0 Å². The fourth-order valence-electron chi connectivity index (χ4n) is 1.60. The molecule has 5 heteroatoms. The van der Waals surface area contributed by atoms with E-state index in [9.17, 15) is 0 Å². The Labute approximate surface area is 106 Å². The van der Waals surface area contributed by atoms with Crippen molar-refractivity contribution in [3.05, 3.63) is 48.3 Å². The molecule has 0 atom stereocenters. The van der Waals surface area contributed by atoms with E-state index in [2.05, 4.69) is 15.4 Å². The number of aryl methyl sites for hydroxylation is 1. The lowest BCUT2D eigenvalue weighted by molar-refractivity contribution is 0.739. The molecule has 94 valence electrons. The van der Waals surface area contributed by atoms with Crippen molar-refractivity contribution in [2.24, 2.45) is 17.8 Å². The van der Waals surface area contributed by atoms with E-state index in [1.807, 2.05) is 49.6 Å². The van der Waals surface area contributed by atoms with Gasteiger partial charge in [-0.2, -0.15) is 5.10 Å². The Kier molecular flexibility index (Phi) is 3.96. The van der Waals surface area contributed by atoms with Crippen LogP contribution in [0.25, 0.3) is 0 Å². The summed E-state index contributed by atoms with van der Waals surface area (Å²) in [4.78, 5) is 4.26. The summed E-state index contributed by atoms with van der Waals surface area (Å²) in [6.45, 7) is 0.628. The van der Waals surface area contributed by atoms with E-state index in [1.165, 1.54) is 0 Å². The van der Waals surface area contributed by atoms with Gasteiger partial charge in [-0.1, -0.05) is 18.2 Å². The molecule has 18 heavy (non-hydrogen) atoms. The van der Waals surface area contributed by atoms with Crippen molar-refractivity contribution in [2.45, 2.75) is 6.42 Å². The molecule has 0 spiro atoms. The molecule has 0 aliphatic heterocycles. The molecular formula is C13H17N5. The molecule has 1 aromatic carbocycles. The second-order valence-corrected chi connectivity index (χ2v) is 3.99. The van der Waals surface area contributed by atoms with E-state index >= 15 is 0 Å². The van der Waals surface area contributed by atoms with Crippen molar-refractivity contribution in [3.8, 4) is 0 Å². The molecule has 2 rings (SSSR count). The van der Waals surface area contributed by atoms with Crippen LogP contribution in [-0.2, 0) is 13.5 Å². The van der Waals surface area contributed by atoms with Gasteiger partial charge in [-0.3, -0.25) is 9.67 Å². The molecule has 0 bridgehead atoms. The first-order valence-electron chi connectivity index (χ1n) is 5.84. The molecule has 1 aromatic heterocycles. The highest BCUT2D eigenvalue weighted by Crippen LogP contribution is 2.03. The lowest BCUT2D eigenvalue weighted by Crippen LogP contribution is -2.23. The topological polar surface area (TPSA) is 68.2 Å². The summed E-state index contributed by atoms with van der Waals surface area (Å²) in [5.41, 5.74) is 7.75. The SMILES string of the molecule is Cn1ccc(CCN=C(N)Nc2ccccc2)n1. The van der Waals surface area contributed by atoms with Gasteiger partial charge in [-0.05, 0) is 18.2 Å². The number of aliphatic imine (C=N–C) groups is 1. The second-order valence-electron chi connectivity index (χ2n) is 3.99. The smallest absolute Gasteiger partial charge is 0.193 e. The van der Waals surface area contributed by atoms with Crippen LogP contribution in [0.1, 0.15) is 5.69 Å². The lowest BCUT2D eigenvalue weighted by atomic mass is 10.3. The maximum atomic E-state index is 5.79. The Balaban J connectivity index is 1.82. The molecule has 0 aliphatic rings. The van der Waals surface area contributed by atoms with E-state index in [0.717, 1.165) is 17.8 Å². The number of para-hydroxylation sites is 1. The predicted octanol–water partition coefficient (Wildman–Crippen LogP) is 1.39. The van der Waals surface area contributed by atoms with Crippen LogP contribution in [0, 0.1) is 0 Å². The fraction of sp³-hybridized carbons (Fsp3) is 0.231. The van der Waals surface area contributed by atoms with Crippen molar-refractivity contribution in [3.63, 3.8) is 0 Å². The number of anilines is 1. The van der Waals surface area contributed by atoms with Crippen molar-refractivity contribution >= 4 is 11.6 Å². The number of rotatable bonds is 4. The third-order valence-corrected chi connectivity index (χ3v) is 2.47. The molecule has 0 saturated heterocycles. The zero-order valence-electron chi connectivity index (χ0n) is 10.4. The van der Waals surface area contributed by atoms with Crippen LogP contribution >= 0.6 is 0 Å². The Bertz CT molecular complexity index is 515. The number of nitrogens with zero attached hydrogens (tertiary/aromatic N) is 3. The highest BCUT2D eigenvalue weighted by Gasteiger charge is 1.97. The van der Waals surface area contributed by atoms with E-state index in [4.69, 9.17) is 5.73 Å². The van der Waals surface area contributed by atoms with Gasteiger partial charge in [0.15, 0.2) is 5.96 Å². The summed E-state index contributed by atoms with van der Waals surface area (Å²) < 4.78 is 1.78. The number of nitrogens with one attached hydrogen (secondary N) is 1. The molecule has 0 saturated carbocycles. The van der Waals surface area contributed by atoms with Crippen LogP contribution in [0.5, 0.6) is 0 Å². The number of guanidine groups is 1. The first-order chi connectivity index (χ1) is 8.74. The molecule has 0 radical (unpaired) electrons. The normalized spacial score (nSPS) is 11.5. The van der Waals surface area contributed by atoms with Crippen LogP contribution < -0.4 is 11.1 Å². The minimum absolute atomic E-state index is 0.428. The molecule has 0 unspecified atom stereocenters. The average molecular weight is 243 g/mol. The Morgan fingerprint density at radius 2 is 2.11 bits per heavy atom. The van der Waals surface area contributed by atoms with Crippen LogP contribution in [0.15, 0.2) is 47.6 Å². The maximum absolute atomic E-state index is 5.79. The summed E-state index contributed by atoms with van der Waals surface area (Å²) in [5, 5.41) is 7.31. The van der Waals surface area contributed by atoms with Crippen LogP contribution in [-0.4, -0.2) is 22.3 Å². The van der Waals surface area contributed by atoms with Gasteiger partial charge >= 0.3 is 0 Å². The van der Waals surface area contributed by atoms with Crippen LogP contribution in [0.4, 0.5) is 5.69 Å². The number of hydrogen-bond acceptors (Lipinski definition) is 2. The van der Waals surface area contributed by atoms with Gasteiger partial charge in [0.1, 0.15) is 0 Å². The highest BCUT2D eigenvalue weighted by atomic mass is 15.2. The number of hydrogen-bond donors (Lipinski definition) is 2. The van der Waals surface area contributed by atoms with E-state index < -0.39 is 0 Å². The lowest BCUT2D eigenvalue weighted by Gasteiger charge is -2.04. The average Bonchev–Trinajstić information content (AvgIpc) is 2.76. The van der Waals surface area contributed by atoms with Crippen LogP contribution in [0.3, 0.4) is 0 Å². The second kappa shape index (κ2) is 5.86. The van der Waals surface area contributed by atoms with Crippen LogP contribution in [0.2, 0.25) is 0 Å². The third kappa shape index (κ3) is 3.62. The molecule has 5 nitrogen and oxygen atoms in total. The molecule has 3 N–H and O–H groups in total. The number of aromatic nitrogens is 2. The zero-order chi connectivity index (χ0) is 12.8. The Morgan fingerprint density at radius 3 is 2.78 bits per heavy atom. The van der Waals surface area contributed by atoms with Gasteiger partial charge in [0.25, 0.3) is 0 Å². The molecule has 1 heterocycles. The van der Waals surface area contributed by atoms with Crippen molar-refractivity contribution in [2.75, 3.05) is 11.9 Å². The summed E-state index contributed by atoms with van der Waals surface area (Å²) in [6.07, 6.45) is 2.71. The van der Waals surface area contributed by atoms with Gasteiger partial charge in [0, 0.05) is 31.9 Å². The van der Waals surface area contributed by atoms with Crippen molar-refractivity contribution < 1.29 is 0 Å². The first-order valence-corrected chi connectivity index (χ1v) is 5.84. The minimum Gasteiger partial charge on any atom is -0.370 e. The Hall–Kier alpha value is -2.30. The summed E-state index contributed by atoms with van der Waals surface area (Å²) >= 11 is 0. The molecule has 0 amide bonds. The van der Waals surface area contributed by atoms with Crippen molar-refractivity contribution in [1.29, 1.82) is 0 Å². The summed E-state index contributed by atoms with van der Waals surface area (Å²) in [5.74, 6) is 0.428. The van der Waals surface area contributed by atoms with Gasteiger partial charge < -0.3 is 11.1 Å². The third-order valence-electron chi connectivity index (χ3n) is 2.47. The summed E-state index contributed by atoms with van der Waals surface area (Å²) in [6, 6.07) is 11.7. The zero-order valence-corrected chi connectivity index (χ0v) is 10.4. The van der Waals surface area contributed by atoms with Gasteiger partial charge in [-0.25, -0.2) is 0 Å². The fourth-order valence-corrected chi connectivity index (χ4v) is 1.60. The van der Waals surface area contributed by atoms with E-state index in [1.54, 1.807) is 4.68 Å². The predicted molar refractivity (Wildman–Crippen MR) is 73.5 cm³/mol. The quantitative estimate of drug-likeness (QED) is 0.630. The minimum atomic E-state index is 0.428. The first kappa shape index (κ1) is 12.2. The monoisotopic (exact) mass is 243 g/mol. The van der Waals surface area contributed by atoms with Gasteiger partial charge in [0.2, 0.25) is 0 Å². The van der Waals surface area contributed by atoms with E-state index in [0.29, 0.717) is 12.5 Å².